The summed E-state index contributed by atoms with van der Waals surface area (Å²) < 4.78 is 6.35. The fourth-order valence-corrected chi connectivity index (χ4v) is 5.52. The zero-order valence-corrected chi connectivity index (χ0v) is 25.1. The maximum atomic E-state index is 13.5. The number of carbonyl (C=O) groups is 1. The highest BCUT2D eigenvalue weighted by Gasteiger charge is 2.34. The highest BCUT2D eigenvalue weighted by atomic mass is 16.5. The Morgan fingerprint density at radius 2 is 1.44 bits per heavy atom. The first-order valence-corrected chi connectivity index (χ1v) is 14.3. The third-order valence-electron chi connectivity index (χ3n) is 8.06. The lowest BCUT2D eigenvalue weighted by Crippen LogP contribution is -2.41. The van der Waals surface area contributed by atoms with Gasteiger partial charge in [0.15, 0.2) is 0 Å². The molecular weight excluding hydrogens is 482 g/mol. The maximum Gasteiger partial charge on any atom is 0.312 e. The Bertz CT molecular complexity index is 1200. The van der Waals surface area contributed by atoms with Crippen LogP contribution in [0.4, 0.5) is 0 Å². The molecule has 0 saturated carbocycles. The van der Waals surface area contributed by atoms with Gasteiger partial charge in [-0.2, -0.15) is 0 Å². The summed E-state index contributed by atoms with van der Waals surface area (Å²) in [6.45, 7) is 18.1. The molecule has 0 unspecified atom stereocenters. The van der Waals surface area contributed by atoms with E-state index in [1.165, 1.54) is 33.4 Å². The first kappa shape index (κ1) is 30.6. The molecular formula is C35H47NO3. The van der Waals surface area contributed by atoms with Gasteiger partial charge < -0.3 is 9.84 Å². The van der Waals surface area contributed by atoms with E-state index in [9.17, 15) is 9.90 Å². The quantitative estimate of drug-likeness (QED) is 0.245. The number of rotatable bonds is 12. The zero-order valence-electron chi connectivity index (χ0n) is 25.1. The largest absolute Gasteiger partial charge is 0.456 e. The van der Waals surface area contributed by atoms with Crippen molar-refractivity contribution in [3.05, 3.63) is 106 Å². The number of aliphatic hydroxyl groups is 1. The second kappa shape index (κ2) is 13.9. The molecule has 0 aliphatic heterocycles. The molecule has 0 aliphatic carbocycles. The van der Waals surface area contributed by atoms with Crippen LogP contribution in [0.5, 0.6) is 0 Å². The van der Waals surface area contributed by atoms with Gasteiger partial charge >= 0.3 is 5.97 Å². The first-order valence-electron chi connectivity index (χ1n) is 14.3. The molecule has 0 fully saturated rings. The summed E-state index contributed by atoms with van der Waals surface area (Å²) in [6.07, 6.45) is -0.694. The molecule has 0 saturated heterocycles. The van der Waals surface area contributed by atoms with Crippen molar-refractivity contribution in [2.75, 3.05) is 0 Å². The van der Waals surface area contributed by atoms with Gasteiger partial charge in [0, 0.05) is 19.1 Å². The Labute approximate surface area is 236 Å². The molecule has 210 valence electrons. The van der Waals surface area contributed by atoms with Gasteiger partial charge in [-0.3, -0.25) is 9.69 Å². The first-order chi connectivity index (χ1) is 18.5. The SMILES string of the molecule is CC[C@@H](C(=O)O[C@H](c1ccccc1)[C@H](C)N(Cc1ccccc1C)Cc1c(C)cc(C)cc1C)[C@H](O)C(C)C. The highest BCUT2D eigenvalue weighted by Crippen LogP contribution is 2.31. The van der Waals surface area contributed by atoms with Crippen molar-refractivity contribution in [2.24, 2.45) is 11.8 Å². The van der Waals surface area contributed by atoms with E-state index in [4.69, 9.17) is 4.74 Å². The molecule has 4 heteroatoms. The standard InChI is InChI=1S/C35H47NO3/c1-9-31(33(37)23(2)3)35(38)39-34(29-16-11-10-12-17-29)28(8)36(21-30-18-14-13-15-25(30)5)22-32-26(6)19-24(4)20-27(32)7/h10-20,23,28,31,33-34,37H,9,21-22H2,1-8H3/t28-,31+,33+,34-/m0/s1. The van der Waals surface area contributed by atoms with Crippen LogP contribution in [0.1, 0.15) is 79.2 Å². The Morgan fingerprint density at radius 3 is 2.00 bits per heavy atom. The van der Waals surface area contributed by atoms with Gasteiger partial charge in [-0.25, -0.2) is 0 Å². The second-order valence-corrected chi connectivity index (χ2v) is 11.5. The minimum atomic E-state index is -0.741. The summed E-state index contributed by atoms with van der Waals surface area (Å²) >= 11 is 0. The van der Waals surface area contributed by atoms with E-state index in [1.807, 2.05) is 51.1 Å². The average molecular weight is 530 g/mol. The van der Waals surface area contributed by atoms with Crippen LogP contribution in [0.15, 0.2) is 66.7 Å². The number of ether oxygens (including phenoxy) is 1. The van der Waals surface area contributed by atoms with Gasteiger partial charge in [0.25, 0.3) is 0 Å². The number of hydrogen-bond donors (Lipinski definition) is 1. The molecule has 3 rings (SSSR count). The van der Waals surface area contributed by atoms with E-state index in [2.05, 4.69) is 75.9 Å². The third-order valence-corrected chi connectivity index (χ3v) is 8.06. The molecule has 1 N–H and O–H groups in total. The molecule has 3 aromatic carbocycles. The zero-order chi connectivity index (χ0) is 28.7. The van der Waals surface area contributed by atoms with Crippen LogP contribution in [0.25, 0.3) is 0 Å². The average Bonchev–Trinajstić information content (AvgIpc) is 2.90. The summed E-state index contributed by atoms with van der Waals surface area (Å²) in [5.41, 5.74) is 8.57. The van der Waals surface area contributed by atoms with Crippen LogP contribution in [-0.2, 0) is 22.6 Å². The smallest absolute Gasteiger partial charge is 0.312 e. The minimum absolute atomic E-state index is 0.0276. The summed E-state index contributed by atoms with van der Waals surface area (Å²) in [5, 5.41) is 10.8. The summed E-state index contributed by atoms with van der Waals surface area (Å²) in [6, 6.07) is 22.9. The number of hydrogen-bond acceptors (Lipinski definition) is 4. The molecule has 0 radical (unpaired) electrons. The molecule has 3 aromatic rings. The van der Waals surface area contributed by atoms with Crippen molar-refractivity contribution in [2.45, 2.75) is 93.2 Å². The summed E-state index contributed by atoms with van der Waals surface area (Å²) in [7, 11) is 0. The van der Waals surface area contributed by atoms with Gasteiger partial charge in [0.05, 0.1) is 12.0 Å². The van der Waals surface area contributed by atoms with E-state index >= 15 is 0 Å². The lowest BCUT2D eigenvalue weighted by molar-refractivity contribution is -0.163. The van der Waals surface area contributed by atoms with Crippen LogP contribution in [-0.4, -0.2) is 28.1 Å². The maximum absolute atomic E-state index is 13.5. The number of esters is 1. The molecule has 39 heavy (non-hydrogen) atoms. The van der Waals surface area contributed by atoms with E-state index in [1.54, 1.807) is 0 Å². The summed E-state index contributed by atoms with van der Waals surface area (Å²) in [5.74, 6) is -0.923. The molecule has 0 heterocycles. The van der Waals surface area contributed by atoms with Crippen molar-refractivity contribution in [3.8, 4) is 0 Å². The second-order valence-electron chi connectivity index (χ2n) is 11.5. The van der Waals surface area contributed by atoms with Crippen molar-refractivity contribution in [1.82, 2.24) is 4.90 Å². The van der Waals surface area contributed by atoms with Crippen molar-refractivity contribution in [3.63, 3.8) is 0 Å². The Balaban J connectivity index is 2.04. The topological polar surface area (TPSA) is 49.8 Å². The van der Waals surface area contributed by atoms with Crippen molar-refractivity contribution < 1.29 is 14.6 Å². The minimum Gasteiger partial charge on any atom is -0.456 e. The third kappa shape index (κ3) is 7.80. The van der Waals surface area contributed by atoms with Gasteiger partial charge in [0.1, 0.15) is 6.10 Å². The van der Waals surface area contributed by atoms with Crippen LogP contribution < -0.4 is 0 Å². The number of benzene rings is 3. The number of aliphatic hydroxyl groups excluding tert-OH is 1. The number of aryl methyl sites for hydroxylation is 4. The molecule has 0 aromatic heterocycles. The lowest BCUT2D eigenvalue weighted by Gasteiger charge is -2.37. The molecule has 0 bridgehead atoms. The predicted molar refractivity (Wildman–Crippen MR) is 160 cm³/mol. The summed E-state index contributed by atoms with van der Waals surface area (Å²) in [4.78, 5) is 16.0. The fraction of sp³-hybridized carbons (Fsp3) is 0.457. The molecule has 0 spiro atoms. The molecule has 4 atom stereocenters. The van der Waals surface area contributed by atoms with Gasteiger partial charge in [-0.15, -0.1) is 0 Å². The Kier molecular flexibility index (Phi) is 10.9. The van der Waals surface area contributed by atoms with Crippen LogP contribution in [0.3, 0.4) is 0 Å². The van der Waals surface area contributed by atoms with Crippen LogP contribution in [0, 0.1) is 39.5 Å². The fourth-order valence-electron chi connectivity index (χ4n) is 5.52. The van der Waals surface area contributed by atoms with E-state index < -0.39 is 18.1 Å². The van der Waals surface area contributed by atoms with Gasteiger partial charge in [-0.05, 0) is 80.3 Å². The predicted octanol–water partition coefficient (Wildman–Crippen LogP) is 7.64. The van der Waals surface area contributed by atoms with E-state index in [0.29, 0.717) is 6.42 Å². The van der Waals surface area contributed by atoms with Crippen LogP contribution >= 0.6 is 0 Å². The molecule has 4 nitrogen and oxygen atoms in total. The van der Waals surface area contributed by atoms with Gasteiger partial charge in [-0.1, -0.05) is 93.1 Å². The Morgan fingerprint density at radius 1 is 0.846 bits per heavy atom. The van der Waals surface area contributed by atoms with Crippen LogP contribution in [0.2, 0.25) is 0 Å². The molecule has 0 amide bonds. The van der Waals surface area contributed by atoms with E-state index in [0.717, 1.165) is 18.7 Å². The number of carbonyl (C=O) groups excluding carboxylic acids is 1. The monoisotopic (exact) mass is 529 g/mol. The normalized spacial score (nSPS) is 14.7. The lowest BCUT2D eigenvalue weighted by atomic mass is 9.91. The van der Waals surface area contributed by atoms with Crippen molar-refractivity contribution in [1.29, 1.82) is 0 Å². The van der Waals surface area contributed by atoms with E-state index in [-0.39, 0.29) is 17.9 Å². The molecule has 0 aliphatic rings. The number of nitrogens with zero attached hydrogens (tertiary/aromatic N) is 1. The Hall–Kier alpha value is -2.95. The van der Waals surface area contributed by atoms with Gasteiger partial charge in [0.2, 0.25) is 0 Å². The van der Waals surface area contributed by atoms with Crippen molar-refractivity contribution >= 4 is 5.97 Å². The highest BCUT2D eigenvalue weighted by molar-refractivity contribution is 5.73.